The van der Waals surface area contributed by atoms with Crippen LogP contribution in [0.2, 0.25) is 0 Å². The fourth-order valence-corrected chi connectivity index (χ4v) is 3.23. The van der Waals surface area contributed by atoms with Crippen molar-refractivity contribution in [1.29, 1.82) is 0 Å². The second kappa shape index (κ2) is 8.53. The minimum Gasteiger partial charge on any atom is -0.490 e. The molecular formula is C18H20N2O4S. The summed E-state index contributed by atoms with van der Waals surface area (Å²) in [6, 6.07) is 10.9. The van der Waals surface area contributed by atoms with E-state index in [-0.39, 0.29) is 17.3 Å². The Morgan fingerprint density at radius 3 is 2.60 bits per heavy atom. The lowest BCUT2D eigenvalue weighted by atomic mass is 10.1. The highest BCUT2D eigenvalue weighted by molar-refractivity contribution is 7.99. The van der Waals surface area contributed by atoms with Gasteiger partial charge in [-0.3, -0.25) is 14.9 Å². The molecule has 2 aromatic carbocycles. The number of rotatable bonds is 7. The van der Waals surface area contributed by atoms with Gasteiger partial charge >= 0.3 is 5.69 Å². The van der Waals surface area contributed by atoms with E-state index in [1.165, 1.54) is 42.1 Å². The lowest BCUT2D eigenvalue weighted by molar-refractivity contribution is -0.385. The zero-order chi connectivity index (χ0) is 18.4. The Bertz CT molecular complexity index is 793. The molecule has 2 aromatic rings. The van der Waals surface area contributed by atoms with E-state index in [9.17, 15) is 14.9 Å². The number of nitrogens with one attached hydrogen (secondary N) is 1. The van der Waals surface area contributed by atoms with Crippen LogP contribution in [-0.2, 0) is 10.5 Å². The molecule has 25 heavy (non-hydrogen) atoms. The van der Waals surface area contributed by atoms with Gasteiger partial charge in [0.15, 0.2) is 5.75 Å². The largest absolute Gasteiger partial charge is 0.490 e. The number of carbonyl (C=O) groups excluding carboxylic acids is 1. The van der Waals surface area contributed by atoms with Crippen LogP contribution in [0.5, 0.6) is 5.75 Å². The van der Waals surface area contributed by atoms with Crippen molar-refractivity contribution in [2.24, 2.45) is 0 Å². The first-order chi connectivity index (χ1) is 11.9. The van der Waals surface area contributed by atoms with Crippen LogP contribution in [0.3, 0.4) is 0 Å². The number of ether oxygens (including phenoxy) is 1. The molecule has 0 saturated heterocycles. The van der Waals surface area contributed by atoms with E-state index in [0.29, 0.717) is 17.0 Å². The van der Waals surface area contributed by atoms with Crippen molar-refractivity contribution in [1.82, 2.24) is 0 Å². The van der Waals surface area contributed by atoms with Crippen molar-refractivity contribution in [2.45, 2.75) is 19.6 Å². The second-order valence-corrected chi connectivity index (χ2v) is 6.55. The summed E-state index contributed by atoms with van der Waals surface area (Å²) in [4.78, 5) is 22.7. The van der Waals surface area contributed by atoms with Crippen molar-refractivity contribution in [3.05, 3.63) is 63.2 Å². The molecule has 132 valence electrons. The molecule has 0 aliphatic rings. The molecule has 0 radical (unpaired) electrons. The van der Waals surface area contributed by atoms with Crippen LogP contribution >= 0.6 is 11.8 Å². The monoisotopic (exact) mass is 360 g/mol. The maximum atomic E-state index is 12.2. The van der Waals surface area contributed by atoms with Crippen LogP contribution in [0.25, 0.3) is 0 Å². The number of hydrogen-bond acceptors (Lipinski definition) is 5. The quantitative estimate of drug-likeness (QED) is 0.594. The third-order valence-corrected chi connectivity index (χ3v) is 4.73. The molecule has 2 rings (SSSR count). The second-order valence-electron chi connectivity index (χ2n) is 5.56. The van der Waals surface area contributed by atoms with Crippen LogP contribution in [-0.4, -0.2) is 23.7 Å². The summed E-state index contributed by atoms with van der Waals surface area (Å²) < 4.78 is 5.04. The van der Waals surface area contributed by atoms with Gasteiger partial charge in [0, 0.05) is 23.6 Å². The van der Waals surface area contributed by atoms with E-state index in [2.05, 4.69) is 5.32 Å². The molecule has 0 bridgehead atoms. The Balaban J connectivity index is 1.98. The Kier molecular flexibility index (Phi) is 6.41. The number of benzene rings is 2. The minimum absolute atomic E-state index is 0.119. The predicted molar refractivity (Wildman–Crippen MR) is 100 cm³/mol. The smallest absolute Gasteiger partial charge is 0.311 e. The first-order valence-corrected chi connectivity index (χ1v) is 8.83. The summed E-state index contributed by atoms with van der Waals surface area (Å²) in [6.45, 7) is 3.75. The van der Waals surface area contributed by atoms with Gasteiger partial charge in [0.05, 0.1) is 17.8 Å². The molecule has 0 atom stereocenters. The molecule has 0 spiro atoms. The highest BCUT2D eigenvalue weighted by atomic mass is 32.2. The molecule has 0 unspecified atom stereocenters. The number of hydrogen-bond donors (Lipinski definition) is 1. The highest BCUT2D eigenvalue weighted by Crippen LogP contribution is 2.32. The van der Waals surface area contributed by atoms with Crippen LogP contribution in [0.1, 0.15) is 16.7 Å². The van der Waals surface area contributed by atoms with E-state index in [0.717, 1.165) is 5.75 Å². The number of thioether (sulfide) groups is 1. The molecule has 0 aliphatic heterocycles. The van der Waals surface area contributed by atoms with Gasteiger partial charge in [-0.2, -0.15) is 0 Å². The number of anilines is 1. The topological polar surface area (TPSA) is 81.5 Å². The van der Waals surface area contributed by atoms with Gasteiger partial charge in [0.2, 0.25) is 5.91 Å². The third kappa shape index (κ3) is 4.96. The highest BCUT2D eigenvalue weighted by Gasteiger charge is 2.18. The maximum absolute atomic E-state index is 12.2. The Labute approximate surface area is 150 Å². The average molecular weight is 360 g/mol. The van der Waals surface area contributed by atoms with Gasteiger partial charge in [0.1, 0.15) is 0 Å². The van der Waals surface area contributed by atoms with Gasteiger partial charge in [-0.15, -0.1) is 11.8 Å². The maximum Gasteiger partial charge on any atom is 0.311 e. The lowest BCUT2D eigenvalue weighted by Gasteiger charge is -2.11. The zero-order valence-corrected chi connectivity index (χ0v) is 15.2. The number of nitrogens with zero attached hydrogens (tertiary/aromatic N) is 1. The van der Waals surface area contributed by atoms with Gasteiger partial charge in [-0.1, -0.05) is 24.3 Å². The predicted octanol–water partition coefficient (Wildman–Crippen LogP) is 4.09. The summed E-state index contributed by atoms with van der Waals surface area (Å²) in [6.07, 6.45) is 0. The van der Waals surface area contributed by atoms with Crippen molar-refractivity contribution >= 4 is 29.0 Å². The van der Waals surface area contributed by atoms with Crippen LogP contribution < -0.4 is 10.1 Å². The fraction of sp³-hybridized carbons (Fsp3) is 0.278. The van der Waals surface area contributed by atoms with E-state index >= 15 is 0 Å². The van der Waals surface area contributed by atoms with Gasteiger partial charge in [-0.25, -0.2) is 0 Å². The summed E-state index contributed by atoms with van der Waals surface area (Å²) >= 11 is 1.52. The van der Waals surface area contributed by atoms with Gasteiger partial charge < -0.3 is 10.1 Å². The molecule has 0 saturated carbocycles. The van der Waals surface area contributed by atoms with Crippen LogP contribution in [0, 0.1) is 24.0 Å². The van der Waals surface area contributed by atoms with E-state index in [1.807, 2.05) is 31.2 Å². The molecule has 6 nitrogen and oxygen atoms in total. The van der Waals surface area contributed by atoms with Crippen LogP contribution in [0.15, 0.2) is 36.4 Å². The van der Waals surface area contributed by atoms with Gasteiger partial charge in [-0.05, 0) is 30.5 Å². The van der Waals surface area contributed by atoms with Crippen molar-refractivity contribution in [3.8, 4) is 5.75 Å². The lowest BCUT2D eigenvalue weighted by Crippen LogP contribution is -2.15. The normalized spacial score (nSPS) is 10.4. The molecular weight excluding hydrogens is 340 g/mol. The molecule has 0 aliphatic carbocycles. The van der Waals surface area contributed by atoms with Crippen molar-refractivity contribution in [3.63, 3.8) is 0 Å². The summed E-state index contributed by atoms with van der Waals surface area (Å²) in [5, 5.41) is 13.8. The molecule has 7 heteroatoms. The molecule has 0 heterocycles. The molecule has 0 fully saturated rings. The number of nitro benzene ring substituents is 1. The van der Waals surface area contributed by atoms with E-state index in [4.69, 9.17) is 4.74 Å². The Morgan fingerprint density at radius 1 is 1.24 bits per heavy atom. The third-order valence-electron chi connectivity index (χ3n) is 3.75. The fourth-order valence-electron chi connectivity index (χ4n) is 2.33. The SMILES string of the molecule is COc1cc(NC(=O)CSCc2ccccc2C)c(C)cc1[N+](=O)[O-]. The summed E-state index contributed by atoms with van der Waals surface area (Å²) in [5.41, 5.74) is 3.42. The van der Waals surface area contributed by atoms with E-state index < -0.39 is 4.92 Å². The summed E-state index contributed by atoms with van der Waals surface area (Å²) in [5.74, 6) is 1.02. The Hall–Kier alpha value is -2.54. The molecule has 1 amide bonds. The standard InChI is InChI=1S/C18H20N2O4S/c1-12-6-4-5-7-14(12)10-25-11-18(21)19-15-9-17(24-3)16(20(22)23)8-13(15)2/h4-9H,10-11H2,1-3H3,(H,19,21). The van der Waals surface area contributed by atoms with Crippen molar-refractivity contribution in [2.75, 3.05) is 18.2 Å². The Morgan fingerprint density at radius 2 is 1.96 bits per heavy atom. The average Bonchev–Trinajstić information content (AvgIpc) is 2.58. The zero-order valence-electron chi connectivity index (χ0n) is 14.4. The van der Waals surface area contributed by atoms with Crippen molar-refractivity contribution < 1.29 is 14.5 Å². The first kappa shape index (κ1) is 18.8. The number of methoxy groups -OCH3 is 1. The number of nitro groups is 1. The molecule has 1 N–H and O–H groups in total. The number of aryl methyl sites for hydroxylation is 2. The number of carbonyl (C=O) groups is 1. The van der Waals surface area contributed by atoms with E-state index in [1.54, 1.807) is 6.92 Å². The van der Waals surface area contributed by atoms with Crippen LogP contribution in [0.4, 0.5) is 11.4 Å². The molecule has 0 aromatic heterocycles. The first-order valence-electron chi connectivity index (χ1n) is 7.67. The van der Waals surface area contributed by atoms with Gasteiger partial charge in [0.25, 0.3) is 0 Å². The summed E-state index contributed by atoms with van der Waals surface area (Å²) in [7, 11) is 1.36. The minimum atomic E-state index is -0.504. The number of amides is 1.